The van der Waals surface area contributed by atoms with Gasteiger partial charge in [0.1, 0.15) is 17.8 Å². The second kappa shape index (κ2) is 6.08. The van der Waals surface area contributed by atoms with Crippen LogP contribution in [0, 0.1) is 6.92 Å². The number of hydrogen-bond donors (Lipinski definition) is 1. The fourth-order valence-electron chi connectivity index (χ4n) is 1.75. The van der Waals surface area contributed by atoms with Gasteiger partial charge in [-0.15, -0.1) is 0 Å². The lowest BCUT2D eigenvalue weighted by molar-refractivity contribution is 0.397. The minimum atomic E-state index is 0.464. The number of anilines is 1. The second-order valence-corrected chi connectivity index (χ2v) is 4.04. The Balaban J connectivity index is 2.44. The van der Waals surface area contributed by atoms with E-state index in [1.165, 1.54) is 6.33 Å². The molecule has 0 aliphatic carbocycles. The summed E-state index contributed by atoms with van der Waals surface area (Å²) in [6.07, 6.45) is 5.77. The molecule has 2 aromatic heterocycles. The van der Waals surface area contributed by atoms with Gasteiger partial charge in [-0.25, -0.2) is 19.9 Å². The summed E-state index contributed by atoms with van der Waals surface area (Å²) in [7, 11) is 1.57. The Morgan fingerprint density at radius 2 is 1.89 bits per heavy atom. The molecule has 0 unspecified atom stereocenters. The SMILES string of the molecule is CCCNc1ncnc(-c2nccnc2OC)c1C. The highest BCUT2D eigenvalue weighted by Crippen LogP contribution is 2.28. The Kier molecular flexibility index (Phi) is 4.22. The van der Waals surface area contributed by atoms with Crippen molar-refractivity contribution in [2.24, 2.45) is 0 Å². The van der Waals surface area contributed by atoms with Crippen LogP contribution in [0.15, 0.2) is 18.7 Å². The van der Waals surface area contributed by atoms with E-state index in [0.29, 0.717) is 11.6 Å². The Morgan fingerprint density at radius 3 is 2.63 bits per heavy atom. The molecular weight excluding hydrogens is 242 g/mol. The van der Waals surface area contributed by atoms with Crippen molar-refractivity contribution in [2.75, 3.05) is 19.0 Å². The van der Waals surface area contributed by atoms with Crippen molar-refractivity contribution in [3.8, 4) is 17.3 Å². The van der Waals surface area contributed by atoms with Crippen molar-refractivity contribution in [2.45, 2.75) is 20.3 Å². The third kappa shape index (κ3) is 2.78. The summed E-state index contributed by atoms with van der Waals surface area (Å²) in [5.74, 6) is 1.28. The number of methoxy groups -OCH3 is 1. The van der Waals surface area contributed by atoms with Crippen LogP contribution in [0.5, 0.6) is 5.88 Å². The van der Waals surface area contributed by atoms with Crippen molar-refractivity contribution in [3.63, 3.8) is 0 Å². The van der Waals surface area contributed by atoms with Gasteiger partial charge in [0, 0.05) is 24.5 Å². The molecule has 2 rings (SSSR count). The number of nitrogens with zero attached hydrogens (tertiary/aromatic N) is 4. The highest BCUT2D eigenvalue weighted by atomic mass is 16.5. The first-order chi connectivity index (χ1) is 9.27. The maximum Gasteiger partial charge on any atom is 0.241 e. The fraction of sp³-hybridized carbons (Fsp3) is 0.385. The molecule has 0 radical (unpaired) electrons. The van der Waals surface area contributed by atoms with Gasteiger partial charge in [0.25, 0.3) is 0 Å². The van der Waals surface area contributed by atoms with E-state index in [1.807, 2.05) is 6.92 Å². The second-order valence-electron chi connectivity index (χ2n) is 4.04. The molecule has 2 aromatic rings. The van der Waals surface area contributed by atoms with Crippen molar-refractivity contribution >= 4 is 5.82 Å². The van der Waals surface area contributed by atoms with Crippen molar-refractivity contribution in [1.29, 1.82) is 0 Å². The van der Waals surface area contributed by atoms with Crippen molar-refractivity contribution in [3.05, 3.63) is 24.3 Å². The average Bonchev–Trinajstić information content (AvgIpc) is 2.46. The van der Waals surface area contributed by atoms with E-state index < -0.39 is 0 Å². The summed E-state index contributed by atoms with van der Waals surface area (Å²) in [6, 6.07) is 0. The molecule has 100 valence electrons. The molecule has 19 heavy (non-hydrogen) atoms. The van der Waals surface area contributed by atoms with Gasteiger partial charge in [-0.05, 0) is 13.3 Å². The molecule has 0 saturated carbocycles. The Hall–Kier alpha value is -2.24. The predicted octanol–water partition coefficient (Wildman–Crippen LogP) is 2.07. The summed E-state index contributed by atoms with van der Waals surface area (Å²) >= 11 is 0. The van der Waals surface area contributed by atoms with Gasteiger partial charge in [-0.2, -0.15) is 0 Å². The topological polar surface area (TPSA) is 72.8 Å². The number of ether oxygens (including phenoxy) is 1. The first kappa shape index (κ1) is 13.2. The minimum absolute atomic E-state index is 0.464. The van der Waals surface area contributed by atoms with Crippen LogP contribution in [0.1, 0.15) is 18.9 Å². The highest BCUT2D eigenvalue weighted by Gasteiger charge is 2.15. The molecule has 0 aliphatic rings. The van der Waals surface area contributed by atoms with Gasteiger partial charge in [0.2, 0.25) is 5.88 Å². The summed E-state index contributed by atoms with van der Waals surface area (Å²) in [6.45, 7) is 4.94. The molecule has 0 atom stereocenters. The van der Waals surface area contributed by atoms with Gasteiger partial charge in [0.05, 0.1) is 7.11 Å². The van der Waals surface area contributed by atoms with Gasteiger partial charge in [0.15, 0.2) is 5.69 Å². The quantitative estimate of drug-likeness (QED) is 0.886. The summed E-state index contributed by atoms with van der Waals surface area (Å²) < 4.78 is 5.22. The highest BCUT2D eigenvalue weighted by molar-refractivity contribution is 5.68. The summed E-state index contributed by atoms with van der Waals surface area (Å²) in [5.41, 5.74) is 2.30. The first-order valence-electron chi connectivity index (χ1n) is 6.18. The molecule has 0 amide bonds. The van der Waals surface area contributed by atoms with Crippen molar-refractivity contribution in [1.82, 2.24) is 19.9 Å². The maximum atomic E-state index is 5.22. The number of hydrogen-bond acceptors (Lipinski definition) is 6. The number of rotatable bonds is 5. The largest absolute Gasteiger partial charge is 0.479 e. The van der Waals surface area contributed by atoms with Crippen LogP contribution in [0.25, 0.3) is 11.4 Å². The van der Waals surface area contributed by atoms with E-state index >= 15 is 0 Å². The molecule has 6 nitrogen and oxygen atoms in total. The Labute approximate surface area is 112 Å². The van der Waals surface area contributed by atoms with Crippen LogP contribution in [-0.2, 0) is 0 Å². The minimum Gasteiger partial charge on any atom is -0.479 e. The molecule has 0 bridgehead atoms. The summed E-state index contributed by atoms with van der Waals surface area (Å²) in [4.78, 5) is 17.0. The molecular formula is C13H17N5O. The summed E-state index contributed by atoms with van der Waals surface area (Å²) in [5, 5.41) is 3.27. The predicted molar refractivity (Wildman–Crippen MR) is 73.1 cm³/mol. The van der Waals surface area contributed by atoms with E-state index in [-0.39, 0.29) is 0 Å². The van der Waals surface area contributed by atoms with Crippen molar-refractivity contribution < 1.29 is 4.74 Å². The lowest BCUT2D eigenvalue weighted by Gasteiger charge is -2.11. The normalized spacial score (nSPS) is 10.3. The van der Waals surface area contributed by atoms with Gasteiger partial charge < -0.3 is 10.1 Å². The molecule has 1 N–H and O–H groups in total. The Morgan fingerprint density at radius 1 is 1.11 bits per heavy atom. The van der Waals surface area contributed by atoms with Crippen LogP contribution < -0.4 is 10.1 Å². The standard InChI is InChI=1S/C13H17N5O/c1-4-5-15-12-9(2)10(17-8-18-12)11-13(19-3)16-7-6-14-11/h6-8H,4-5H2,1-3H3,(H,15,17,18). The zero-order valence-electron chi connectivity index (χ0n) is 11.3. The van der Waals surface area contributed by atoms with E-state index in [1.54, 1.807) is 19.5 Å². The van der Waals surface area contributed by atoms with Crippen LogP contribution in [0.3, 0.4) is 0 Å². The Bertz CT molecular complexity index is 558. The maximum absolute atomic E-state index is 5.22. The molecule has 0 saturated heterocycles. The smallest absolute Gasteiger partial charge is 0.241 e. The van der Waals surface area contributed by atoms with E-state index in [4.69, 9.17) is 4.74 Å². The average molecular weight is 259 g/mol. The first-order valence-corrected chi connectivity index (χ1v) is 6.18. The monoisotopic (exact) mass is 259 g/mol. The van der Waals surface area contributed by atoms with Gasteiger partial charge >= 0.3 is 0 Å². The molecule has 0 aliphatic heterocycles. The van der Waals surface area contributed by atoms with Gasteiger partial charge in [-0.1, -0.05) is 6.92 Å². The van der Waals surface area contributed by atoms with Crippen LogP contribution in [-0.4, -0.2) is 33.6 Å². The van der Waals surface area contributed by atoms with E-state index in [2.05, 4.69) is 32.2 Å². The van der Waals surface area contributed by atoms with Gasteiger partial charge in [-0.3, -0.25) is 0 Å². The fourth-order valence-corrected chi connectivity index (χ4v) is 1.75. The van der Waals surface area contributed by atoms with Crippen LogP contribution >= 0.6 is 0 Å². The zero-order chi connectivity index (χ0) is 13.7. The van der Waals surface area contributed by atoms with Crippen LogP contribution in [0.4, 0.5) is 5.82 Å². The molecule has 0 spiro atoms. The third-order valence-corrected chi connectivity index (χ3v) is 2.71. The van der Waals surface area contributed by atoms with Crippen LogP contribution in [0.2, 0.25) is 0 Å². The lowest BCUT2D eigenvalue weighted by atomic mass is 10.2. The lowest BCUT2D eigenvalue weighted by Crippen LogP contribution is -2.06. The molecule has 2 heterocycles. The molecule has 0 aromatic carbocycles. The number of aromatic nitrogens is 4. The number of nitrogens with one attached hydrogen (secondary N) is 1. The van der Waals surface area contributed by atoms with E-state index in [0.717, 1.165) is 30.0 Å². The zero-order valence-corrected chi connectivity index (χ0v) is 11.3. The third-order valence-electron chi connectivity index (χ3n) is 2.71. The molecule has 6 heteroatoms. The van der Waals surface area contributed by atoms with E-state index in [9.17, 15) is 0 Å². The molecule has 0 fully saturated rings.